The Labute approximate surface area is 502 Å². The van der Waals surface area contributed by atoms with Crippen LogP contribution in [0.2, 0.25) is 0 Å². The van der Waals surface area contributed by atoms with Crippen molar-refractivity contribution in [2.24, 2.45) is 21.6 Å². The zero-order valence-corrected chi connectivity index (χ0v) is 48.8. The highest BCUT2D eigenvalue weighted by molar-refractivity contribution is 6.13. The second-order valence-corrected chi connectivity index (χ2v) is 22.2. The van der Waals surface area contributed by atoms with Gasteiger partial charge in [0.25, 0.3) is 23.6 Å². The maximum absolute atomic E-state index is 14.5. The van der Waals surface area contributed by atoms with E-state index in [0.29, 0.717) is 101 Å². The Morgan fingerprint density at radius 3 is 1.82 bits per heavy atom. The Bertz CT molecular complexity index is 3600. The van der Waals surface area contributed by atoms with Gasteiger partial charge in [0.05, 0.1) is 60.2 Å². The number of unbranched alkanes of at least 4 members (excludes halogenated alkanes) is 2. The van der Waals surface area contributed by atoms with Gasteiger partial charge in [0.15, 0.2) is 23.0 Å². The summed E-state index contributed by atoms with van der Waals surface area (Å²) in [5.41, 5.74) is 12.5. The molecule has 1 aromatic heterocycles. The number of hydrogen-bond acceptors (Lipinski definition) is 15. The van der Waals surface area contributed by atoms with E-state index in [0.717, 1.165) is 21.6 Å². The summed E-state index contributed by atoms with van der Waals surface area (Å²) in [4.78, 5) is 124. The number of methoxy groups -OCH3 is 2. The van der Waals surface area contributed by atoms with Gasteiger partial charge in [-0.15, -0.1) is 0 Å². The predicted octanol–water partition coefficient (Wildman–Crippen LogP) is 6.32. The summed E-state index contributed by atoms with van der Waals surface area (Å²) in [5, 5.41) is 11.0. The summed E-state index contributed by atoms with van der Waals surface area (Å²) in [6.07, 6.45) is 9.20. The summed E-state index contributed by atoms with van der Waals surface area (Å²) >= 11 is 0. The summed E-state index contributed by atoms with van der Waals surface area (Å²) in [7, 11) is 3.01. The van der Waals surface area contributed by atoms with Gasteiger partial charge in [0.1, 0.15) is 25.3 Å². The normalized spacial score (nSPS) is 16.9. The van der Waals surface area contributed by atoms with Crippen molar-refractivity contribution in [3.8, 4) is 23.0 Å². The number of urea groups is 1. The number of amides is 9. The molecule has 0 bridgehead atoms. The van der Waals surface area contributed by atoms with Crippen LogP contribution >= 0.6 is 0 Å². The second-order valence-electron chi connectivity index (χ2n) is 22.2. The highest BCUT2D eigenvalue weighted by Gasteiger charge is 2.36. The fourth-order valence-corrected chi connectivity index (χ4v) is 11.2. The standard InChI is InChI=1S/C64H69N11O12/c1-37(2)59(72-56(76)17-6-5-9-23-73-57(77)20-21-58(73)78)61(80)71-49(16-11-22-66-64(65)83)60(79)70-42-19-18-39-26-46-32-68-51-30-55(53(85-4)28-48(51)63(82)75(46)34-41(39)24-42)87-36-44-15-10-14-43(69-44)35-86-54-29-50-47(27-52(54)84-3)62(81)74-33-40-13-8-7-12-38(40)25-45(74)31-67-50/h7-8,10,12-15,18-21,24,27-32,37,45-46,49,59H,5-6,9,11,16-17,22-23,25-26,33-36H2,1-4H3,(H,70,79)(H,71,80)(H,72,76)(H3,65,66,83)/t45-,46?,49-,59-/m0/s1. The van der Waals surface area contributed by atoms with Crippen LogP contribution in [0.25, 0.3) is 0 Å². The van der Waals surface area contributed by atoms with Crippen LogP contribution in [0.4, 0.5) is 21.9 Å². The van der Waals surface area contributed by atoms with E-state index in [9.17, 15) is 38.4 Å². The number of ether oxygens (including phenoxy) is 4. The quantitative estimate of drug-likeness (QED) is 0.0334. The number of aliphatic imine (C=N–C) groups is 2. The number of hydrogen-bond donors (Lipinski definition) is 5. The fraction of sp³-hybridized carbons (Fsp3) is 0.359. The largest absolute Gasteiger partial charge is 0.493 e. The van der Waals surface area contributed by atoms with Gasteiger partial charge in [-0.25, -0.2) is 4.79 Å². The van der Waals surface area contributed by atoms with Gasteiger partial charge in [-0.1, -0.05) is 56.7 Å². The highest BCUT2D eigenvalue weighted by Crippen LogP contribution is 2.41. The minimum absolute atomic E-state index is 0.0395. The number of nitrogens with two attached hydrogens (primary N) is 1. The lowest BCUT2D eigenvalue weighted by atomic mass is 9.93. The number of pyridine rings is 1. The lowest BCUT2D eigenvalue weighted by molar-refractivity contribution is -0.137. The number of carbonyl (C=O) groups is 8. The summed E-state index contributed by atoms with van der Waals surface area (Å²) < 4.78 is 24.1. The zero-order chi connectivity index (χ0) is 61.3. The number of benzene rings is 4. The molecule has 452 valence electrons. The molecule has 1 unspecified atom stereocenters. The summed E-state index contributed by atoms with van der Waals surface area (Å²) in [5.74, 6) is -1.53. The number of nitrogens with one attached hydrogen (secondary N) is 4. The molecule has 87 heavy (non-hydrogen) atoms. The van der Waals surface area contributed by atoms with Gasteiger partial charge >= 0.3 is 6.03 Å². The first-order valence-corrected chi connectivity index (χ1v) is 29.0. The molecule has 4 atom stereocenters. The molecule has 4 aromatic carbocycles. The first kappa shape index (κ1) is 60.2. The maximum atomic E-state index is 14.5. The van der Waals surface area contributed by atoms with E-state index < -0.39 is 36.0 Å². The Balaban J connectivity index is 0.754. The zero-order valence-electron chi connectivity index (χ0n) is 48.8. The van der Waals surface area contributed by atoms with Crippen molar-refractivity contribution in [1.29, 1.82) is 0 Å². The number of carbonyl (C=O) groups excluding carboxylic acids is 8. The number of primary amides is 1. The van der Waals surface area contributed by atoms with Gasteiger partial charge in [-0.2, -0.15) is 0 Å². The molecule has 5 aromatic rings. The van der Waals surface area contributed by atoms with Crippen molar-refractivity contribution < 1.29 is 57.3 Å². The molecule has 0 saturated carbocycles. The van der Waals surface area contributed by atoms with E-state index in [1.54, 1.807) is 61.4 Å². The topological polar surface area (TPSA) is 295 Å². The molecule has 9 amide bonds. The molecular weight excluding hydrogens is 1110 g/mol. The Morgan fingerprint density at radius 1 is 0.644 bits per heavy atom. The van der Waals surface area contributed by atoms with Crippen molar-refractivity contribution in [3.63, 3.8) is 0 Å². The number of nitrogens with zero attached hydrogens (tertiary/aromatic N) is 6. The van der Waals surface area contributed by atoms with E-state index in [2.05, 4.69) is 27.3 Å². The van der Waals surface area contributed by atoms with Crippen LogP contribution in [0, 0.1) is 5.92 Å². The van der Waals surface area contributed by atoms with Gasteiger partial charge in [-0.05, 0) is 103 Å². The van der Waals surface area contributed by atoms with Crippen molar-refractivity contribution in [1.82, 2.24) is 35.6 Å². The molecular formula is C64H69N11O12. The molecule has 0 radical (unpaired) electrons. The summed E-state index contributed by atoms with van der Waals surface area (Å²) in [6, 6.07) is 22.3. The monoisotopic (exact) mass is 1180 g/mol. The van der Waals surface area contributed by atoms with Crippen LogP contribution in [0.1, 0.15) is 107 Å². The molecule has 0 saturated heterocycles. The number of aromatic nitrogens is 1. The Hall–Kier alpha value is -9.93. The predicted molar refractivity (Wildman–Crippen MR) is 321 cm³/mol. The third-order valence-corrected chi connectivity index (χ3v) is 15.9. The van der Waals surface area contributed by atoms with Crippen LogP contribution in [0.5, 0.6) is 23.0 Å². The SMILES string of the molecule is COc1cc2c(cc1OCc1cccc(COc3cc4c(cc3OC)C(=O)N3Cc5ccccc5C[C@H]3C=N4)n1)N=CC1Cc3ccc(NC(=O)[C@H](CCCNC(N)=O)NC(=O)[C@@H](NC(=O)CCCCCN4C(=O)C=CC4=O)C(C)C)cc3CN1C2=O. The molecule has 0 spiro atoms. The van der Waals surface area contributed by atoms with E-state index in [1.807, 2.05) is 53.6 Å². The Morgan fingerprint density at radius 2 is 1.23 bits per heavy atom. The van der Waals surface area contributed by atoms with Crippen molar-refractivity contribution in [2.75, 3.05) is 32.6 Å². The molecule has 5 aliphatic rings. The summed E-state index contributed by atoms with van der Waals surface area (Å²) in [6.45, 7) is 4.72. The first-order chi connectivity index (χ1) is 42.0. The molecule has 0 fully saturated rings. The molecule has 5 aliphatic heterocycles. The lowest BCUT2D eigenvalue weighted by Crippen LogP contribution is -2.54. The van der Waals surface area contributed by atoms with Crippen LogP contribution in [0.3, 0.4) is 0 Å². The number of anilines is 1. The van der Waals surface area contributed by atoms with Gasteiger partial charge in [0.2, 0.25) is 17.7 Å². The molecule has 6 heterocycles. The van der Waals surface area contributed by atoms with Crippen molar-refractivity contribution in [3.05, 3.63) is 142 Å². The van der Waals surface area contributed by atoms with Crippen LogP contribution in [-0.4, -0.2) is 131 Å². The van der Waals surface area contributed by atoms with Crippen LogP contribution in [-0.2, 0) is 63.1 Å². The maximum Gasteiger partial charge on any atom is 0.312 e. The second kappa shape index (κ2) is 27.0. The number of fused-ring (bicyclic) bond motifs is 6. The minimum atomic E-state index is -1.09. The fourth-order valence-electron chi connectivity index (χ4n) is 11.2. The van der Waals surface area contributed by atoms with Crippen LogP contribution < -0.4 is 45.9 Å². The molecule has 0 aliphatic carbocycles. The minimum Gasteiger partial charge on any atom is -0.493 e. The Kier molecular flexibility index (Phi) is 18.7. The third-order valence-electron chi connectivity index (χ3n) is 15.9. The number of rotatable bonds is 24. The number of imide groups is 1. The molecule has 23 heteroatoms. The van der Waals surface area contributed by atoms with Gasteiger partial charge in [0, 0.05) is 75.0 Å². The smallest absolute Gasteiger partial charge is 0.312 e. The molecule has 23 nitrogen and oxygen atoms in total. The van der Waals surface area contributed by atoms with Gasteiger partial charge < -0.3 is 55.7 Å². The average Bonchev–Trinajstić information content (AvgIpc) is 2.82. The van der Waals surface area contributed by atoms with Crippen molar-refractivity contribution in [2.45, 2.75) is 116 Å². The third kappa shape index (κ3) is 14.1. The average molecular weight is 1180 g/mol. The van der Waals surface area contributed by atoms with Crippen molar-refractivity contribution >= 4 is 76.9 Å². The van der Waals surface area contributed by atoms with E-state index >= 15 is 0 Å². The highest BCUT2D eigenvalue weighted by atomic mass is 16.5. The molecule has 6 N–H and O–H groups in total. The van der Waals surface area contributed by atoms with E-state index in [4.69, 9.17) is 39.6 Å². The van der Waals surface area contributed by atoms with Crippen LogP contribution in [0.15, 0.2) is 107 Å². The molecule has 10 rings (SSSR count). The van der Waals surface area contributed by atoms with E-state index in [1.165, 1.54) is 31.9 Å². The lowest BCUT2D eigenvalue weighted by Gasteiger charge is -2.34. The van der Waals surface area contributed by atoms with Gasteiger partial charge in [-0.3, -0.25) is 53.4 Å². The van der Waals surface area contributed by atoms with E-state index in [-0.39, 0.29) is 93.6 Å². The first-order valence-electron chi connectivity index (χ1n) is 29.0.